The maximum Gasteiger partial charge on any atom is 0.261 e. The van der Waals surface area contributed by atoms with Gasteiger partial charge < -0.3 is 5.32 Å². The van der Waals surface area contributed by atoms with Crippen molar-refractivity contribution in [3.8, 4) is 0 Å². The number of halogens is 1. The number of hydrogen-bond acceptors (Lipinski definition) is 3. The topological polar surface area (TPSA) is 75.3 Å². The number of carbonyl (C=O) groups excluding carboxylic acids is 1. The molecule has 0 saturated heterocycles. The smallest absolute Gasteiger partial charge is 0.261 e. The fourth-order valence-electron chi connectivity index (χ4n) is 1.98. The molecule has 0 aromatic heterocycles. The molecule has 0 spiro atoms. The molecule has 0 radical (unpaired) electrons. The van der Waals surface area contributed by atoms with E-state index in [1.54, 1.807) is 18.2 Å². The van der Waals surface area contributed by atoms with E-state index in [4.69, 9.17) is 11.6 Å². The van der Waals surface area contributed by atoms with Gasteiger partial charge in [-0.15, -0.1) is 0 Å². The molecule has 0 aliphatic heterocycles. The van der Waals surface area contributed by atoms with Gasteiger partial charge in [0.25, 0.3) is 15.9 Å². The summed E-state index contributed by atoms with van der Waals surface area (Å²) in [5.41, 5.74) is 0.180. The molecule has 2 aromatic rings. The highest BCUT2D eigenvalue weighted by molar-refractivity contribution is 7.92. The van der Waals surface area contributed by atoms with Gasteiger partial charge in [-0.25, -0.2) is 8.42 Å². The summed E-state index contributed by atoms with van der Waals surface area (Å²) in [7, 11) is -3.70. The van der Waals surface area contributed by atoms with Gasteiger partial charge in [0.2, 0.25) is 0 Å². The Balaban J connectivity index is 2.23. The Labute approximate surface area is 147 Å². The lowest BCUT2D eigenvalue weighted by atomic mass is 10.1. The number of sulfonamides is 1. The average Bonchev–Trinajstić information content (AvgIpc) is 2.46. The van der Waals surface area contributed by atoms with Gasteiger partial charge in [-0.1, -0.05) is 29.8 Å². The van der Waals surface area contributed by atoms with Crippen LogP contribution in [0, 0.1) is 0 Å². The molecule has 0 aliphatic carbocycles. The van der Waals surface area contributed by atoms with Crippen LogP contribution in [0.2, 0.25) is 5.02 Å². The molecule has 0 fully saturated rings. The van der Waals surface area contributed by atoms with Crippen LogP contribution in [0.25, 0.3) is 0 Å². The lowest BCUT2D eigenvalue weighted by Gasteiger charge is -2.21. The molecular formula is C17H19ClN2O3S. The summed E-state index contributed by atoms with van der Waals surface area (Å²) in [6, 6.07) is 12.4. The van der Waals surface area contributed by atoms with E-state index in [-0.39, 0.29) is 27.1 Å². The molecule has 0 unspecified atom stereocenters. The molecule has 1 amide bonds. The van der Waals surface area contributed by atoms with Crippen LogP contribution in [0.15, 0.2) is 53.4 Å². The van der Waals surface area contributed by atoms with Crippen molar-refractivity contribution in [3.05, 3.63) is 59.1 Å². The van der Waals surface area contributed by atoms with E-state index in [0.717, 1.165) is 0 Å². The van der Waals surface area contributed by atoms with Crippen LogP contribution in [0.4, 0.5) is 5.69 Å². The average molecular weight is 367 g/mol. The van der Waals surface area contributed by atoms with Gasteiger partial charge in [-0.2, -0.15) is 0 Å². The number of nitrogens with one attached hydrogen (secondary N) is 2. The SMILES string of the molecule is CC(C)(C)NC(=O)c1ccc(NS(=O)(=O)c2ccccc2)cc1Cl. The highest BCUT2D eigenvalue weighted by Gasteiger charge is 2.19. The normalized spacial score (nSPS) is 11.8. The summed E-state index contributed by atoms with van der Waals surface area (Å²) in [5, 5.41) is 2.98. The Kier molecular flexibility index (Phi) is 5.20. The van der Waals surface area contributed by atoms with Crippen molar-refractivity contribution in [1.29, 1.82) is 0 Å². The molecule has 0 atom stereocenters. The molecule has 5 nitrogen and oxygen atoms in total. The quantitative estimate of drug-likeness (QED) is 0.866. The van der Waals surface area contributed by atoms with Gasteiger partial charge in [-0.05, 0) is 51.1 Å². The second kappa shape index (κ2) is 6.83. The van der Waals surface area contributed by atoms with Gasteiger partial charge in [0, 0.05) is 5.54 Å². The minimum absolute atomic E-state index is 0.149. The van der Waals surface area contributed by atoms with Crippen LogP contribution in [0.1, 0.15) is 31.1 Å². The summed E-state index contributed by atoms with van der Waals surface area (Å²) >= 11 is 6.13. The molecule has 2 aromatic carbocycles. The zero-order chi connectivity index (χ0) is 18.0. The van der Waals surface area contributed by atoms with Crippen LogP contribution in [0.3, 0.4) is 0 Å². The summed E-state index contributed by atoms with van der Waals surface area (Å²) < 4.78 is 27.0. The second-order valence-corrected chi connectivity index (χ2v) is 8.41. The zero-order valence-electron chi connectivity index (χ0n) is 13.6. The molecule has 2 N–H and O–H groups in total. The first-order chi connectivity index (χ1) is 11.1. The molecule has 0 bridgehead atoms. The van der Waals surface area contributed by atoms with Crippen molar-refractivity contribution in [2.24, 2.45) is 0 Å². The lowest BCUT2D eigenvalue weighted by Crippen LogP contribution is -2.40. The van der Waals surface area contributed by atoms with Crippen LogP contribution >= 0.6 is 11.6 Å². The van der Waals surface area contributed by atoms with E-state index in [1.807, 2.05) is 20.8 Å². The second-order valence-electron chi connectivity index (χ2n) is 6.32. The maximum absolute atomic E-state index is 12.3. The highest BCUT2D eigenvalue weighted by Crippen LogP contribution is 2.23. The van der Waals surface area contributed by atoms with Crippen molar-refractivity contribution in [2.45, 2.75) is 31.2 Å². The van der Waals surface area contributed by atoms with E-state index in [1.165, 1.54) is 30.3 Å². The van der Waals surface area contributed by atoms with Crippen molar-refractivity contribution in [1.82, 2.24) is 5.32 Å². The Bertz CT molecular complexity index is 844. The minimum Gasteiger partial charge on any atom is -0.347 e. The summed E-state index contributed by atoms with van der Waals surface area (Å²) in [6.45, 7) is 5.59. The van der Waals surface area contributed by atoms with Crippen molar-refractivity contribution < 1.29 is 13.2 Å². The number of benzene rings is 2. The van der Waals surface area contributed by atoms with E-state index in [0.29, 0.717) is 0 Å². The monoisotopic (exact) mass is 366 g/mol. The fraction of sp³-hybridized carbons (Fsp3) is 0.235. The fourth-order valence-corrected chi connectivity index (χ4v) is 3.32. The Morgan fingerprint density at radius 3 is 2.21 bits per heavy atom. The summed E-state index contributed by atoms with van der Waals surface area (Å²) in [6.07, 6.45) is 0. The Morgan fingerprint density at radius 1 is 1.04 bits per heavy atom. The van der Waals surface area contributed by atoms with E-state index >= 15 is 0 Å². The van der Waals surface area contributed by atoms with Crippen LogP contribution in [-0.2, 0) is 10.0 Å². The minimum atomic E-state index is -3.70. The van der Waals surface area contributed by atoms with E-state index in [9.17, 15) is 13.2 Å². The predicted molar refractivity (Wildman–Crippen MR) is 95.9 cm³/mol. The predicted octanol–water partition coefficient (Wildman–Crippen LogP) is 3.67. The maximum atomic E-state index is 12.3. The van der Waals surface area contributed by atoms with Gasteiger partial charge in [0.15, 0.2) is 0 Å². The van der Waals surface area contributed by atoms with Crippen molar-refractivity contribution in [3.63, 3.8) is 0 Å². The standard InChI is InChI=1S/C17H19ClN2O3S/c1-17(2,3)19-16(21)14-10-9-12(11-15(14)18)20-24(22,23)13-7-5-4-6-8-13/h4-11,20H,1-3H3,(H,19,21). The zero-order valence-corrected chi connectivity index (χ0v) is 15.2. The molecule has 24 heavy (non-hydrogen) atoms. The molecule has 2 rings (SSSR count). The number of carbonyl (C=O) groups is 1. The largest absolute Gasteiger partial charge is 0.347 e. The van der Waals surface area contributed by atoms with Gasteiger partial charge in [0.1, 0.15) is 0 Å². The third-order valence-electron chi connectivity index (χ3n) is 3.01. The first kappa shape index (κ1) is 18.3. The molecule has 0 heterocycles. The third kappa shape index (κ3) is 4.72. The van der Waals surface area contributed by atoms with Gasteiger partial charge in [-0.3, -0.25) is 9.52 Å². The number of rotatable bonds is 4. The molecule has 0 saturated carbocycles. The number of anilines is 1. The van der Waals surface area contributed by atoms with Crippen molar-refractivity contribution >= 4 is 33.2 Å². The van der Waals surface area contributed by atoms with E-state index in [2.05, 4.69) is 10.0 Å². The Morgan fingerprint density at radius 2 is 1.67 bits per heavy atom. The first-order valence-corrected chi connectivity index (χ1v) is 9.14. The first-order valence-electron chi connectivity index (χ1n) is 7.28. The number of amides is 1. The van der Waals surface area contributed by atoms with Crippen molar-refractivity contribution in [2.75, 3.05) is 4.72 Å². The lowest BCUT2D eigenvalue weighted by molar-refractivity contribution is 0.0919. The highest BCUT2D eigenvalue weighted by atomic mass is 35.5. The Hall–Kier alpha value is -2.05. The molecule has 7 heteroatoms. The van der Waals surface area contributed by atoms with Crippen LogP contribution in [0.5, 0.6) is 0 Å². The molecule has 128 valence electrons. The molecular weight excluding hydrogens is 348 g/mol. The molecule has 0 aliphatic rings. The van der Waals surface area contributed by atoms with Crippen LogP contribution in [-0.4, -0.2) is 19.9 Å². The third-order valence-corrected chi connectivity index (χ3v) is 4.72. The van der Waals surface area contributed by atoms with E-state index < -0.39 is 15.6 Å². The summed E-state index contributed by atoms with van der Waals surface area (Å²) in [4.78, 5) is 12.3. The van der Waals surface area contributed by atoms with Crippen LogP contribution < -0.4 is 10.0 Å². The van der Waals surface area contributed by atoms with Gasteiger partial charge >= 0.3 is 0 Å². The van der Waals surface area contributed by atoms with Gasteiger partial charge in [0.05, 0.1) is 21.2 Å². The number of hydrogen-bond donors (Lipinski definition) is 2. The summed E-state index contributed by atoms with van der Waals surface area (Å²) in [5.74, 6) is -0.315.